The maximum Gasteiger partial charge on any atom is 0.291 e. The van der Waals surface area contributed by atoms with Crippen LogP contribution in [0.5, 0.6) is 0 Å². The van der Waals surface area contributed by atoms with Crippen LogP contribution in [-0.2, 0) is 6.42 Å². The number of amides is 1. The number of anilines is 1. The van der Waals surface area contributed by atoms with Gasteiger partial charge in [-0.05, 0) is 49.6 Å². The third-order valence-corrected chi connectivity index (χ3v) is 3.22. The lowest BCUT2D eigenvalue weighted by Gasteiger charge is -2.03. The standard InChI is InChI=1S/C16H15NO2/c1-11-6-8-13(9-7-11)17-16(18)15-10-12-4-2-3-5-14(12)19-15/h3,5-10H,2,4H2,1H3,(H,17,18). The molecule has 3 heteroatoms. The van der Waals surface area contributed by atoms with Crippen LogP contribution in [-0.4, -0.2) is 5.91 Å². The van der Waals surface area contributed by atoms with Gasteiger partial charge in [0.05, 0.1) is 0 Å². The van der Waals surface area contributed by atoms with Crippen molar-refractivity contribution in [2.24, 2.45) is 0 Å². The van der Waals surface area contributed by atoms with E-state index in [1.807, 2.05) is 43.3 Å². The molecule has 0 spiro atoms. The number of nitrogens with one attached hydrogen (secondary N) is 1. The summed E-state index contributed by atoms with van der Waals surface area (Å²) < 4.78 is 5.56. The molecule has 0 fully saturated rings. The van der Waals surface area contributed by atoms with E-state index in [-0.39, 0.29) is 5.91 Å². The lowest BCUT2D eigenvalue weighted by Crippen LogP contribution is -2.10. The third-order valence-electron chi connectivity index (χ3n) is 3.22. The summed E-state index contributed by atoms with van der Waals surface area (Å²) in [4.78, 5) is 12.1. The van der Waals surface area contributed by atoms with Crippen LogP contribution in [0.1, 0.15) is 33.9 Å². The molecule has 1 aliphatic rings. The fourth-order valence-corrected chi connectivity index (χ4v) is 2.15. The van der Waals surface area contributed by atoms with Crippen molar-refractivity contribution in [3.8, 4) is 0 Å². The average Bonchev–Trinajstić information content (AvgIpc) is 2.85. The van der Waals surface area contributed by atoms with Crippen molar-refractivity contribution < 1.29 is 9.21 Å². The molecular weight excluding hydrogens is 238 g/mol. The molecular formula is C16H15NO2. The quantitative estimate of drug-likeness (QED) is 0.884. The molecule has 3 rings (SSSR count). The highest BCUT2D eigenvalue weighted by molar-refractivity contribution is 6.02. The minimum Gasteiger partial charge on any atom is -0.451 e. The van der Waals surface area contributed by atoms with Crippen LogP contribution in [0, 0.1) is 6.92 Å². The largest absolute Gasteiger partial charge is 0.451 e. The van der Waals surface area contributed by atoms with Crippen molar-refractivity contribution in [1.29, 1.82) is 0 Å². The van der Waals surface area contributed by atoms with Crippen molar-refractivity contribution >= 4 is 17.7 Å². The van der Waals surface area contributed by atoms with Gasteiger partial charge in [-0.25, -0.2) is 0 Å². The molecule has 19 heavy (non-hydrogen) atoms. The normalized spacial score (nSPS) is 13.1. The summed E-state index contributed by atoms with van der Waals surface area (Å²) in [5.41, 5.74) is 3.05. The first-order valence-corrected chi connectivity index (χ1v) is 6.39. The molecule has 1 amide bonds. The van der Waals surface area contributed by atoms with Crippen LogP contribution in [0.4, 0.5) is 5.69 Å². The van der Waals surface area contributed by atoms with Crippen LogP contribution in [0.25, 0.3) is 6.08 Å². The van der Waals surface area contributed by atoms with Crippen molar-refractivity contribution in [2.75, 3.05) is 5.32 Å². The number of furan rings is 1. The van der Waals surface area contributed by atoms with E-state index < -0.39 is 0 Å². The second-order valence-corrected chi connectivity index (χ2v) is 4.76. The van der Waals surface area contributed by atoms with E-state index in [1.165, 1.54) is 0 Å². The Kier molecular flexibility index (Phi) is 2.95. The summed E-state index contributed by atoms with van der Waals surface area (Å²) in [5.74, 6) is 0.976. The van der Waals surface area contributed by atoms with Gasteiger partial charge in [-0.1, -0.05) is 23.8 Å². The predicted molar refractivity (Wildman–Crippen MR) is 75.2 cm³/mol. The number of hydrogen-bond donors (Lipinski definition) is 1. The molecule has 2 aromatic rings. The number of hydrogen-bond acceptors (Lipinski definition) is 2. The Hall–Kier alpha value is -2.29. The highest BCUT2D eigenvalue weighted by Crippen LogP contribution is 2.23. The SMILES string of the molecule is Cc1ccc(NC(=O)c2cc3c(o2)C=CCC3)cc1. The van der Waals surface area contributed by atoms with E-state index in [0.29, 0.717) is 5.76 Å². The zero-order chi connectivity index (χ0) is 13.2. The summed E-state index contributed by atoms with van der Waals surface area (Å²) in [6.07, 6.45) is 5.94. The third kappa shape index (κ3) is 2.45. The molecule has 0 atom stereocenters. The summed E-state index contributed by atoms with van der Waals surface area (Å²) in [5, 5.41) is 2.84. The Bertz CT molecular complexity index is 635. The summed E-state index contributed by atoms with van der Waals surface area (Å²) in [7, 11) is 0. The highest BCUT2D eigenvalue weighted by Gasteiger charge is 2.16. The topological polar surface area (TPSA) is 42.2 Å². The van der Waals surface area contributed by atoms with E-state index in [9.17, 15) is 4.79 Å². The predicted octanol–water partition coefficient (Wildman–Crippen LogP) is 3.80. The van der Waals surface area contributed by atoms with Gasteiger partial charge in [0.15, 0.2) is 5.76 Å². The van der Waals surface area contributed by atoms with Crippen molar-refractivity contribution in [3.63, 3.8) is 0 Å². The van der Waals surface area contributed by atoms with E-state index in [4.69, 9.17) is 4.42 Å². The lowest BCUT2D eigenvalue weighted by molar-refractivity contribution is 0.0996. The minimum absolute atomic E-state index is 0.202. The summed E-state index contributed by atoms with van der Waals surface area (Å²) >= 11 is 0. The van der Waals surface area contributed by atoms with Gasteiger partial charge in [-0.3, -0.25) is 4.79 Å². The Morgan fingerprint density at radius 3 is 2.79 bits per heavy atom. The zero-order valence-corrected chi connectivity index (χ0v) is 10.8. The van der Waals surface area contributed by atoms with Gasteiger partial charge in [0.2, 0.25) is 0 Å². The van der Waals surface area contributed by atoms with Gasteiger partial charge in [-0.2, -0.15) is 0 Å². The molecule has 1 aromatic carbocycles. The van der Waals surface area contributed by atoms with Crippen LogP contribution in [0.2, 0.25) is 0 Å². The summed E-state index contributed by atoms with van der Waals surface area (Å²) in [6, 6.07) is 9.53. The van der Waals surface area contributed by atoms with Crippen LogP contribution < -0.4 is 5.32 Å². The lowest BCUT2D eigenvalue weighted by atomic mass is 10.1. The second-order valence-electron chi connectivity index (χ2n) is 4.76. The van der Waals surface area contributed by atoms with E-state index in [0.717, 1.165) is 35.4 Å². The second kappa shape index (κ2) is 4.76. The summed E-state index contributed by atoms with van der Waals surface area (Å²) in [6.45, 7) is 2.01. The number of carbonyl (C=O) groups is 1. The van der Waals surface area contributed by atoms with Crippen LogP contribution >= 0.6 is 0 Å². The number of allylic oxidation sites excluding steroid dienone is 1. The molecule has 1 aliphatic carbocycles. The Labute approximate surface area is 111 Å². The van der Waals surface area contributed by atoms with Gasteiger partial charge >= 0.3 is 0 Å². The van der Waals surface area contributed by atoms with Crippen LogP contribution in [0.3, 0.4) is 0 Å². The molecule has 0 radical (unpaired) electrons. The molecule has 0 aliphatic heterocycles. The zero-order valence-electron chi connectivity index (χ0n) is 10.8. The maximum atomic E-state index is 12.1. The molecule has 1 aromatic heterocycles. The smallest absolute Gasteiger partial charge is 0.291 e. The van der Waals surface area contributed by atoms with Crippen LogP contribution in [0.15, 0.2) is 40.8 Å². The first-order valence-electron chi connectivity index (χ1n) is 6.39. The van der Waals surface area contributed by atoms with Gasteiger partial charge in [0.25, 0.3) is 5.91 Å². The number of aryl methyl sites for hydroxylation is 2. The molecule has 1 heterocycles. The Morgan fingerprint density at radius 2 is 2.05 bits per heavy atom. The van der Waals surface area contributed by atoms with Gasteiger partial charge < -0.3 is 9.73 Å². The molecule has 0 bridgehead atoms. The Balaban J connectivity index is 1.79. The first-order chi connectivity index (χ1) is 9.22. The number of carbonyl (C=O) groups excluding carboxylic acids is 1. The van der Waals surface area contributed by atoms with Crippen molar-refractivity contribution in [2.45, 2.75) is 19.8 Å². The van der Waals surface area contributed by atoms with E-state index in [1.54, 1.807) is 0 Å². The fraction of sp³-hybridized carbons (Fsp3) is 0.188. The Morgan fingerprint density at radius 1 is 1.26 bits per heavy atom. The number of rotatable bonds is 2. The molecule has 0 saturated heterocycles. The van der Waals surface area contributed by atoms with Gasteiger partial charge in [0, 0.05) is 5.69 Å². The van der Waals surface area contributed by atoms with Gasteiger partial charge in [0.1, 0.15) is 5.76 Å². The molecule has 96 valence electrons. The molecule has 0 saturated carbocycles. The molecule has 0 unspecified atom stereocenters. The minimum atomic E-state index is -0.202. The van der Waals surface area contributed by atoms with E-state index >= 15 is 0 Å². The first kappa shape index (κ1) is 11.8. The highest BCUT2D eigenvalue weighted by atomic mass is 16.3. The molecule has 1 N–H and O–H groups in total. The van der Waals surface area contributed by atoms with Crippen molar-refractivity contribution in [1.82, 2.24) is 0 Å². The fourth-order valence-electron chi connectivity index (χ4n) is 2.15. The van der Waals surface area contributed by atoms with Gasteiger partial charge in [-0.15, -0.1) is 0 Å². The monoisotopic (exact) mass is 253 g/mol. The van der Waals surface area contributed by atoms with E-state index in [2.05, 4.69) is 11.4 Å². The average molecular weight is 253 g/mol. The number of fused-ring (bicyclic) bond motifs is 1. The molecule has 3 nitrogen and oxygen atoms in total. The maximum absolute atomic E-state index is 12.1. The van der Waals surface area contributed by atoms with Crippen molar-refractivity contribution in [3.05, 3.63) is 59.1 Å². The number of benzene rings is 1.